The molecule has 24 heavy (non-hydrogen) atoms. The van der Waals surface area contributed by atoms with E-state index in [0.717, 1.165) is 11.8 Å². The van der Waals surface area contributed by atoms with Crippen molar-refractivity contribution in [3.63, 3.8) is 0 Å². The van der Waals surface area contributed by atoms with Crippen LogP contribution >= 0.6 is 0 Å². The molecule has 0 heterocycles. The van der Waals surface area contributed by atoms with Gasteiger partial charge >= 0.3 is 0 Å². The lowest BCUT2D eigenvalue weighted by Crippen LogP contribution is -2.29. The molecule has 0 amide bonds. The van der Waals surface area contributed by atoms with Gasteiger partial charge in [0.05, 0.1) is 17.7 Å². The van der Waals surface area contributed by atoms with Crippen molar-refractivity contribution in [2.24, 2.45) is 0 Å². The van der Waals surface area contributed by atoms with Gasteiger partial charge in [0, 0.05) is 12.7 Å². The maximum atomic E-state index is 12.4. The third-order valence-electron chi connectivity index (χ3n) is 3.44. The summed E-state index contributed by atoms with van der Waals surface area (Å²) in [6, 6.07) is 15.6. The number of hydrogen-bond donors (Lipinski definition) is 1. The Labute approximate surface area is 143 Å². The first-order valence-electron chi connectivity index (χ1n) is 7.26. The first kappa shape index (κ1) is 18.3. The zero-order valence-electron chi connectivity index (χ0n) is 13.5. The van der Waals surface area contributed by atoms with Gasteiger partial charge in [-0.1, -0.05) is 30.3 Å². The first-order valence-corrected chi connectivity index (χ1v) is 10.8. The topological polar surface area (TPSA) is 83.6 Å². The number of nitrogens with one attached hydrogen (secondary N) is 1. The molecule has 0 aliphatic rings. The van der Waals surface area contributed by atoms with Gasteiger partial charge in [0.1, 0.15) is 0 Å². The Balaban J connectivity index is 2.07. The van der Waals surface area contributed by atoms with E-state index in [1.807, 2.05) is 30.3 Å². The molecule has 0 saturated heterocycles. The Kier molecular flexibility index (Phi) is 5.51. The SMILES string of the molecule is CN(c1ccc(NS(C)(=O)=O)cc1)S(=O)(=O)CCc1ccccc1. The second-order valence-electron chi connectivity index (χ2n) is 5.44. The van der Waals surface area contributed by atoms with Crippen LogP contribution in [0.4, 0.5) is 11.4 Å². The Morgan fingerprint density at radius 1 is 0.917 bits per heavy atom. The number of sulfonamides is 2. The van der Waals surface area contributed by atoms with Crippen molar-refractivity contribution in [3.8, 4) is 0 Å². The number of rotatable bonds is 7. The highest BCUT2D eigenvalue weighted by atomic mass is 32.2. The van der Waals surface area contributed by atoms with Crippen molar-refractivity contribution < 1.29 is 16.8 Å². The van der Waals surface area contributed by atoms with Crippen LogP contribution in [0.25, 0.3) is 0 Å². The van der Waals surface area contributed by atoms with Crippen LogP contribution in [0, 0.1) is 0 Å². The molecule has 8 heteroatoms. The Hall–Kier alpha value is -2.06. The molecule has 0 aliphatic carbocycles. The number of benzene rings is 2. The summed E-state index contributed by atoms with van der Waals surface area (Å²) >= 11 is 0. The van der Waals surface area contributed by atoms with Crippen molar-refractivity contribution in [2.45, 2.75) is 6.42 Å². The largest absolute Gasteiger partial charge is 0.284 e. The average molecular weight is 368 g/mol. The monoisotopic (exact) mass is 368 g/mol. The molecule has 1 N–H and O–H groups in total. The van der Waals surface area contributed by atoms with Crippen LogP contribution in [-0.4, -0.2) is 35.9 Å². The summed E-state index contributed by atoms with van der Waals surface area (Å²) in [6.07, 6.45) is 1.49. The minimum atomic E-state index is -3.46. The molecule has 0 saturated carbocycles. The van der Waals surface area contributed by atoms with E-state index < -0.39 is 20.0 Å². The van der Waals surface area contributed by atoms with Crippen LogP contribution in [0.5, 0.6) is 0 Å². The molecule has 0 spiro atoms. The molecule has 130 valence electrons. The van der Waals surface area contributed by atoms with Gasteiger partial charge < -0.3 is 0 Å². The van der Waals surface area contributed by atoms with Crippen LogP contribution in [0.2, 0.25) is 0 Å². The van der Waals surface area contributed by atoms with Crippen molar-refractivity contribution in [3.05, 3.63) is 60.2 Å². The molecule has 0 unspecified atom stereocenters. The standard InChI is InChI=1S/C16H20N2O4S2/c1-18(16-10-8-15(9-11-16)17-23(2,19)20)24(21,22)13-12-14-6-4-3-5-7-14/h3-11,17H,12-13H2,1-2H3. The zero-order valence-corrected chi connectivity index (χ0v) is 15.1. The molecular weight excluding hydrogens is 348 g/mol. The molecule has 0 fully saturated rings. The second kappa shape index (κ2) is 7.23. The van der Waals surface area contributed by atoms with Gasteiger partial charge in [0.25, 0.3) is 0 Å². The molecule has 0 atom stereocenters. The van der Waals surface area contributed by atoms with Gasteiger partial charge in [-0.05, 0) is 36.2 Å². The van der Waals surface area contributed by atoms with Crippen LogP contribution in [-0.2, 0) is 26.5 Å². The molecule has 0 aliphatic heterocycles. The lowest BCUT2D eigenvalue weighted by Gasteiger charge is -2.20. The molecule has 0 bridgehead atoms. The van der Waals surface area contributed by atoms with Crippen LogP contribution in [0.15, 0.2) is 54.6 Å². The smallest absolute Gasteiger partial charge is 0.235 e. The number of aryl methyl sites for hydroxylation is 1. The van der Waals surface area contributed by atoms with E-state index in [1.165, 1.54) is 23.5 Å². The normalized spacial score (nSPS) is 11.9. The molecule has 0 aromatic heterocycles. The summed E-state index contributed by atoms with van der Waals surface area (Å²) in [7, 11) is -5.34. The lowest BCUT2D eigenvalue weighted by molar-refractivity contribution is 0.593. The minimum Gasteiger partial charge on any atom is -0.284 e. The van der Waals surface area contributed by atoms with Crippen LogP contribution in [0.3, 0.4) is 0 Å². The zero-order chi connectivity index (χ0) is 17.8. The summed E-state index contributed by atoms with van der Waals surface area (Å²) in [6.45, 7) is 0. The third-order valence-corrected chi connectivity index (χ3v) is 5.81. The maximum Gasteiger partial charge on any atom is 0.235 e. The van der Waals surface area contributed by atoms with E-state index in [1.54, 1.807) is 12.1 Å². The quantitative estimate of drug-likeness (QED) is 0.811. The fourth-order valence-corrected chi connectivity index (χ4v) is 3.92. The van der Waals surface area contributed by atoms with E-state index in [2.05, 4.69) is 4.72 Å². The third kappa shape index (κ3) is 5.24. The highest BCUT2D eigenvalue weighted by Crippen LogP contribution is 2.20. The van der Waals surface area contributed by atoms with Crippen molar-refractivity contribution in [2.75, 3.05) is 28.1 Å². The Bertz CT molecular complexity index is 877. The summed E-state index contributed by atoms with van der Waals surface area (Å²) in [5.74, 6) is -0.00312. The van der Waals surface area contributed by atoms with Crippen LogP contribution < -0.4 is 9.03 Å². The molecular formula is C16H20N2O4S2. The van der Waals surface area contributed by atoms with E-state index in [-0.39, 0.29) is 5.75 Å². The first-order chi connectivity index (χ1) is 11.2. The Morgan fingerprint density at radius 2 is 1.50 bits per heavy atom. The van der Waals surface area contributed by atoms with Crippen molar-refractivity contribution in [1.29, 1.82) is 0 Å². The summed E-state index contributed by atoms with van der Waals surface area (Å²) < 4.78 is 50.8. The summed E-state index contributed by atoms with van der Waals surface area (Å²) in [5, 5.41) is 0. The van der Waals surface area contributed by atoms with Crippen molar-refractivity contribution in [1.82, 2.24) is 0 Å². The van der Waals surface area contributed by atoms with Gasteiger partial charge in [0.2, 0.25) is 20.0 Å². The van der Waals surface area contributed by atoms with Gasteiger partial charge in [-0.2, -0.15) is 0 Å². The van der Waals surface area contributed by atoms with Gasteiger partial charge in [0.15, 0.2) is 0 Å². The van der Waals surface area contributed by atoms with E-state index in [0.29, 0.717) is 17.8 Å². The van der Waals surface area contributed by atoms with Gasteiger partial charge in [-0.3, -0.25) is 9.03 Å². The van der Waals surface area contributed by atoms with Crippen molar-refractivity contribution >= 4 is 31.4 Å². The number of nitrogens with zero attached hydrogens (tertiary/aromatic N) is 1. The van der Waals surface area contributed by atoms with Crippen LogP contribution in [0.1, 0.15) is 5.56 Å². The maximum absolute atomic E-state index is 12.4. The second-order valence-corrected chi connectivity index (χ2v) is 9.31. The predicted molar refractivity (Wildman–Crippen MR) is 97.2 cm³/mol. The lowest BCUT2D eigenvalue weighted by atomic mass is 10.2. The molecule has 0 radical (unpaired) electrons. The minimum absolute atomic E-state index is 0.00312. The summed E-state index contributed by atoms with van der Waals surface area (Å²) in [4.78, 5) is 0. The average Bonchev–Trinajstić information content (AvgIpc) is 2.53. The van der Waals surface area contributed by atoms with Gasteiger partial charge in [-0.15, -0.1) is 0 Å². The Morgan fingerprint density at radius 3 is 2.04 bits per heavy atom. The van der Waals surface area contributed by atoms with E-state index >= 15 is 0 Å². The molecule has 2 aromatic rings. The molecule has 6 nitrogen and oxygen atoms in total. The summed E-state index contributed by atoms with van der Waals surface area (Å²) in [5.41, 5.74) is 1.82. The number of anilines is 2. The highest BCUT2D eigenvalue weighted by molar-refractivity contribution is 7.92. The highest BCUT2D eigenvalue weighted by Gasteiger charge is 2.18. The van der Waals surface area contributed by atoms with E-state index in [4.69, 9.17) is 0 Å². The fourth-order valence-electron chi connectivity index (χ4n) is 2.14. The predicted octanol–water partition coefficient (Wildman–Crippen LogP) is 2.07. The molecule has 2 rings (SSSR count). The van der Waals surface area contributed by atoms with Gasteiger partial charge in [-0.25, -0.2) is 16.8 Å². The number of hydrogen-bond acceptors (Lipinski definition) is 4. The molecule has 2 aromatic carbocycles. The van der Waals surface area contributed by atoms with E-state index in [9.17, 15) is 16.8 Å². The fraction of sp³-hybridized carbons (Fsp3) is 0.250.